The van der Waals surface area contributed by atoms with Crippen molar-refractivity contribution in [2.45, 2.75) is 6.17 Å². The number of hydrogen-bond acceptors (Lipinski definition) is 8. The van der Waals surface area contributed by atoms with E-state index in [-0.39, 0.29) is 28.7 Å². The Labute approximate surface area is 146 Å². The molecule has 0 aliphatic carbocycles. The Balaban J connectivity index is 2.00. The maximum Gasteiger partial charge on any atom is 0.273 e. The predicted octanol–water partition coefficient (Wildman–Crippen LogP) is 1.95. The predicted molar refractivity (Wildman–Crippen MR) is 94.4 cm³/mol. The van der Waals surface area contributed by atoms with E-state index < -0.39 is 11.1 Å². The maximum atomic E-state index is 11.3. The molecule has 1 atom stereocenters. The summed E-state index contributed by atoms with van der Waals surface area (Å²) in [6, 6.07) is 9.74. The number of hydrogen-bond donors (Lipinski definition) is 3. The SMILES string of the molecule is COc1cc([N+](=O)[O-])cc([C@H]2N=C(N)Nc3nc4ccccc4n32)c1O. The summed E-state index contributed by atoms with van der Waals surface area (Å²) in [5, 5.41) is 24.7. The summed E-state index contributed by atoms with van der Waals surface area (Å²) in [6.07, 6.45) is -0.840. The highest BCUT2D eigenvalue weighted by Crippen LogP contribution is 2.42. The topological polar surface area (TPSA) is 141 Å². The lowest BCUT2D eigenvalue weighted by molar-refractivity contribution is -0.385. The fourth-order valence-corrected chi connectivity index (χ4v) is 3.00. The standard InChI is InChI=1S/C16H14N6O4/c1-26-12-7-8(22(24)25)6-9(13(12)23)14-19-15(17)20-16-18-10-4-2-3-5-11(10)21(14)16/h2-7,14,23H,1H3,(H3,17,18,19,20)/t14-/m0/s1. The van der Waals surface area contributed by atoms with Crippen LogP contribution < -0.4 is 15.8 Å². The molecule has 0 fully saturated rings. The highest BCUT2D eigenvalue weighted by atomic mass is 16.6. The van der Waals surface area contributed by atoms with Crippen LogP contribution in [0.1, 0.15) is 11.7 Å². The first-order valence-electron chi connectivity index (χ1n) is 7.62. The Hall–Kier alpha value is -3.82. The second-order valence-corrected chi connectivity index (χ2v) is 5.65. The van der Waals surface area contributed by atoms with Crippen LogP contribution in [0.5, 0.6) is 11.5 Å². The quantitative estimate of drug-likeness (QED) is 0.482. The molecule has 1 aromatic heterocycles. The van der Waals surface area contributed by atoms with Crippen LogP contribution in [0.3, 0.4) is 0 Å². The number of aromatic nitrogens is 2. The zero-order valence-corrected chi connectivity index (χ0v) is 13.6. The Bertz CT molecular complexity index is 1070. The van der Waals surface area contributed by atoms with Crippen LogP contribution in [-0.4, -0.2) is 32.7 Å². The van der Waals surface area contributed by atoms with Crippen LogP contribution in [0.15, 0.2) is 41.4 Å². The number of nitrogens with two attached hydrogens (primary N) is 1. The molecule has 4 rings (SSSR count). The summed E-state index contributed by atoms with van der Waals surface area (Å²) >= 11 is 0. The lowest BCUT2D eigenvalue weighted by atomic mass is 10.1. The number of anilines is 1. The van der Waals surface area contributed by atoms with Crippen molar-refractivity contribution in [3.63, 3.8) is 0 Å². The Morgan fingerprint density at radius 2 is 2.15 bits per heavy atom. The van der Waals surface area contributed by atoms with Gasteiger partial charge in [0.25, 0.3) is 5.69 Å². The first-order valence-corrected chi connectivity index (χ1v) is 7.62. The van der Waals surface area contributed by atoms with Gasteiger partial charge in [0.2, 0.25) is 5.95 Å². The van der Waals surface area contributed by atoms with Crippen molar-refractivity contribution in [1.82, 2.24) is 9.55 Å². The number of rotatable bonds is 3. The molecule has 132 valence electrons. The smallest absolute Gasteiger partial charge is 0.273 e. The molecule has 2 aromatic carbocycles. The first kappa shape index (κ1) is 15.7. The van der Waals surface area contributed by atoms with Crippen LogP contribution in [-0.2, 0) is 0 Å². The van der Waals surface area contributed by atoms with Crippen molar-refractivity contribution < 1.29 is 14.8 Å². The second-order valence-electron chi connectivity index (χ2n) is 5.65. The van der Waals surface area contributed by atoms with Crippen molar-refractivity contribution >= 4 is 28.6 Å². The molecule has 0 saturated carbocycles. The van der Waals surface area contributed by atoms with Crippen LogP contribution in [0.2, 0.25) is 0 Å². The number of nitrogens with one attached hydrogen (secondary N) is 1. The minimum absolute atomic E-state index is 0.0209. The highest BCUT2D eigenvalue weighted by Gasteiger charge is 2.30. The van der Waals surface area contributed by atoms with Crippen LogP contribution >= 0.6 is 0 Å². The van der Waals surface area contributed by atoms with E-state index >= 15 is 0 Å². The molecule has 26 heavy (non-hydrogen) atoms. The summed E-state index contributed by atoms with van der Waals surface area (Å²) in [7, 11) is 1.32. The third-order valence-corrected chi connectivity index (χ3v) is 4.14. The van der Waals surface area contributed by atoms with Gasteiger partial charge < -0.3 is 15.6 Å². The molecule has 0 spiro atoms. The average molecular weight is 354 g/mol. The maximum absolute atomic E-state index is 11.3. The molecule has 0 radical (unpaired) electrons. The van der Waals surface area contributed by atoms with E-state index in [1.807, 2.05) is 24.3 Å². The molecule has 2 heterocycles. The van der Waals surface area contributed by atoms with Gasteiger partial charge in [-0.25, -0.2) is 9.98 Å². The number of non-ortho nitro benzene ring substituents is 1. The molecule has 4 N–H and O–H groups in total. The highest BCUT2D eigenvalue weighted by molar-refractivity contribution is 5.94. The van der Waals surface area contributed by atoms with Crippen molar-refractivity contribution in [2.75, 3.05) is 12.4 Å². The number of nitro groups is 1. The van der Waals surface area contributed by atoms with Gasteiger partial charge in [-0.05, 0) is 12.1 Å². The Kier molecular flexibility index (Phi) is 3.39. The molecular formula is C16H14N6O4. The average Bonchev–Trinajstić information content (AvgIpc) is 2.99. The number of benzene rings is 2. The Morgan fingerprint density at radius 3 is 2.88 bits per heavy atom. The fraction of sp³-hybridized carbons (Fsp3) is 0.125. The lowest BCUT2D eigenvalue weighted by Gasteiger charge is -2.24. The number of fused-ring (bicyclic) bond motifs is 3. The number of imidazole rings is 1. The van der Waals surface area contributed by atoms with E-state index in [1.165, 1.54) is 13.2 Å². The second kappa shape index (κ2) is 5.62. The van der Waals surface area contributed by atoms with Gasteiger partial charge >= 0.3 is 0 Å². The van der Waals surface area contributed by atoms with Crippen molar-refractivity contribution in [3.8, 4) is 11.5 Å². The van der Waals surface area contributed by atoms with E-state index in [9.17, 15) is 15.2 Å². The summed E-state index contributed by atoms with van der Waals surface area (Å²) in [5.74, 6) is 0.244. The number of methoxy groups -OCH3 is 1. The normalized spacial score (nSPS) is 15.9. The molecular weight excluding hydrogens is 340 g/mol. The van der Waals surface area contributed by atoms with Gasteiger partial charge in [0.15, 0.2) is 23.6 Å². The molecule has 0 saturated heterocycles. The fourth-order valence-electron chi connectivity index (χ4n) is 3.00. The van der Waals surface area contributed by atoms with E-state index in [0.717, 1.165) is 11.6 Å². The molecule has 1 aliphatic rings. The van der Waals surface area contributed by atoms with Crippen molar-refractivity contribution in [3.05, 3.63) is 52.1 Å². The Morgan fingerprint density at radius 1 is 1.38 bits per heavy atom. The van der Waals surface area contributed by atoms with Crippen molar-refractivity contribution in [2.24, 2.45) is 10.7 Å². The zero-order valence-electron chi connectivity index (χ0n) is 13.6. The molecule has 0 bridgehead atoms. The van der Waals surface area contributed by atoms with Crippen LogP contribution in [0.4, 0.5) is 11.6 Å². The molecule has 0 amide bonds. The van der Waals surface area contributed by atoms with E-state index in [2.05, 4.69) is 15.3 Å². The number of guanidine groups is 1. The third kappa shape index (κ3) is 2.27. The minimum Gasteiger partial charge on any atom is -0.504 e. The minimum atomic E-state index is -0.840. The first-order chi connectivity index (χ1) is 12.5. The summed E-state index contributed by atoms with van der Waals surface area (Å²) in [4.78, 5) is 19.5. The van der Waals surface area contributed by atoms with E-state index in [4.69, 9.17) is 10.5 Å². The van der Waals surface area contributed by atoms with Crippen LogP contribution in [0, 0.1) is 10.1 Å². The van der Waals surface area contributed by atoms with Gasteiger partial charge in [0.1, 0.15) is 0 Å². The van der Waals surface area contributed by atoms with Gasteiger partial charge in [-0.3, -0.25) is 20.0 Å². The van der Waals surface area contributed by atoms with Gasteiger partial charge in [0.05, 0.1) is 29.1 Å². The number of para-hydroxylation sites is 2. The van der Waals surface area contributed by atoms with Gasteiger partial charge in [-0.15, -0.1) is 0 Å². The zero-order chi connectivity index (χ0) is 18.4. The summed E-state index contributed by atoms with van der Waals surface area (Å²) < 4.78 is 6.79. The molecule has 3 aromatic rings. The molecule has 10 nitrogen and oxygen atoms in total. The van der Waals surface area contributed by atoms with Gasteiger partial charge in [-0.1, -0.05) is 12.1 Å². The summed E-state index contributed by atoms with van der Waals surface area (Å²) in [6.45, 7) is 0. The number of nitrogens with zero attached hydrogens (tertiary/aromatic N) is 4. The monoisotopic (exact) mass is 354 g/mol. The number of phenols is 1. The van der Waals surface area contributed by atoms with Gasteiger partial charge in [0, 0.05) is 11.6 Å². The molecule has 1 aliphatic heterocycles. The lowest BCUT2D eigenvalue weighted by Crippen LogP contribution is -2.31. The van der Waals surface area contributed by atoms with Crippen LogP contribution in [0.25, 0.3) is 11.0 Å². The number of aromatic hydroxyl groups is 1. The van der Waals surface area contributed by atoms with Crippen molar-refractivity contribution in [1.29, 1.82) is 0 Å². The molecule has 10 heteroatoms. The van der Waals surface area contributed by atoms with Gasteiger partial charge in [-0.2, -0.15) is 0 Å². The van der Waals surface area contributed by atoms with E-state index in [1.54, 1.807) is 4.57 Å². The number of aliphatic imine (C=N–C) groups is 1. The molecule has 0 unspecified atom stereocenters. The van der Waals surface area contributed by atoms with E-state index in [0.29, 0.717) is 11.5 Å². The number of nitro benzene ring substituents is 1. The number of ether oxygens (including phenoxy) is 1. The largest absolute Gasteiger partial charge is 0.504 e. The summed E-state index contributed by atoms with van der Waals surface area (Å²) in [5.41, 5.74) is 7.25. The third-order valence-electron chi connectivity index (χ3n) is 4.14. The number of phenolic OH excluding ortho intramolecular Hbond substituents is 1.